The van der Waals surface area contributed by atoms with Crippen molar-refractivity contribution in [3.63, 3.8) is 0 Å². The molecule has 0 radical (unpaired) electrons. The molecule has 16 atom stereocenters. The van der Waals surface area contributed by atoms with Crippen molar-refractivity contribution in [2.75, 3.05) is 0 Å². The van der Waals surface area contributed by atoms with E-state index in [-0.39, 0.29) is 0 Å². The predicted molar refractivity (Wildman–Crippen MR) is 95.0 cm³/mol. The summed E-state index contributed by atoms with van der Waals surface area (Å²) < 4.78 is 1.59. The van der Waals surface area contributed by atoms with Crippen LogP contribution in [0.1, 0.15) is 25.7 Å². The van der Waals surface area contributed by atoms with Gasteiger partial charge in [0.2, 0.25) is 0 Å². The standard InChI is InChI=1S/C22H24S2/c1-5-7-3-9-13(5)15-11(1)17(7)21(19(9)15)23-22(24-21)18-8-4-10-14-6(8)2-12(18)16(14)20(10)22/h5-20H,1-4H2/t5-,6-,7-,8-,9-,10+,11-,12-,13+,14+,15-,16-,17-,18-,19+,20-,21?,22?/m1/s1. The van der Waals surface area contributed by atoms with Gasteiger partial charge < -0.3 is 0 Å². The van der Waals surface area contributed by atoms with Gasteiger partial charge in [0.1, 0.15) is 0 Å². The van der Waals surface area contributed by atoms with Crippen LogP contribution in [0.5, 0.6) is 0 Å². The summed E-state index contributed by atoms with van der Waals surface area (Å²) in [6.07, 6.45) is 6.78. The van der Waals surface area contributed by atoms with Crippen molar-refractivity contribution >= 4 is 23.5 Å². The van der Waals surface area contributed by atoms with Gasteiger partial charge in [-0.2, -0.15) is 0 Å². The van der Waals surface area contributed by atoms with Crippen LogP contribution in [0.25, 0.3) is 0 Å². The minimum Gasteiger partial charge on any atom is -0.125 e. The Hall–Kier alpha value is 0.700. The van der Waals surface area contributed by atoms with Gasteiger partial charge in [-0.1, -0.05) is 0 Å². The Morgan fingerprint density at radius 1 is 0.417 bits per heavy atom. The zero-order valence-electron chi connectivity index (χ0n) is 13.9. The molecule has 2 spiro atoms. The van der Waals surface area contributed by atoms with Crippen LogP contribution in [-0.2, 0) is 0 Å². The molecule has 0 aromatic rings. The Morgan fingerprint density at radius 2 is 0.833 bits per heavy atom. The van der Waals surface area contributed by atoms with Gasteiger partial charge in [0.25, 0.3) is 0 Å². The molecule has 1 aliphatic heterocycles. The first-order valence-electron chi connectivity index (χ1n) is 11.2. The Kier molecular flexibility index (Phi) is 1.32. The first-order chi connectivity index (χ1) is 11.8. The van der Waals surface area contributed by atoms with Gasteiger partial charge in [0.15, 0.2) is 0 Å². The van der Waals surface area contributed by atoms with Gasteiger partial charge in [-0.3, -0.25) is 0 Å². The van der Waals surface area contributed by atoms with Crippen LogP contribution >= 0.6 is 23.5 Å². The molecule has 4 bridgehead atoms. The summed E-state index contributed by atoms with van der Waals surface area (Å²) in [5.41, 5.74) is 0. The third kappa shape index (κ3) is 0.687. The molecular weight excluding hydrogens is 328 g/mol. The summed E-state index contributed by atoms with van der Waals surface area (Å²) in [6, 6.07) is 0. The van der Waals surface area contributed by atoms with E-state index in [0.29, 0.717) is 0 Å². The maximum absolute atomic E-state index is 2.73. The molecule has 10 aliphatic carbocycles. The maximum atomic E-state index is 2.73. The number of hydrogen-bond donors (Lipinski definition) is 0. The normalized spacial score (nSPS) is 94.0. The fourth-order valence-electron chi connectivity index (χ4n) is 13.9. The summed E-state index contributed by atoms with van der Waals surface area (Å²) in [4.78, 5) is 0. The molecule has 0 amide bonds. The van der Waals surface area contributed by atoms with Crippen LogP contribution in [0.2, 0.25) is 0 Å². The average Bonchev–Trinajstić information content (AvgIpc) is 3.17. The summed E-state index contributed by atoms with van der Waals surface area (Å²) in [6.45, 7) is 0. The highest BCUT2D eigenvalue weighted by atomic mass is 32.3. The van der Waals surface area contributed by atoms with Crippen molar-refractivity contribution in [1.82, 2.24) is 0 Å². The molecule has 11 aliphatic rings. The molecule has 11 fully saturated rings. The lowest BCUT2D eigenvalue weighted by Gasteiger charge is -2.69. The van der Waals surface area contributed by atoms with Gasteiger partial charge in [-0.15, -0.1) is 23.5 Å². The van der Waals surface area contributed by atoms with E-state index in [1.165, 1.54) is 94.7 Å². The third-order valence-corrected chi connectivity index (χ3v) is 17.7. The first kappa shape index (κ1) is 11.5. The number of rotatable bonds is 0. The molecular formula is C22H24S2. The molecule has 11 rings (SSSR count). The molecule has 10 saturated carbocycles. The van der Waals surface area contributed by atoms with E-state index < -0.39 is 0 Å². The number of thioether (sulfide) groups is 2. The Labute approximate surface area is 152 Å². The Balaban J connectivity index is 1.11. The lowest BCUT2D eigenvalue weighted by Crippen LogP contribution is -2.64. The van der Waals surface area contributed by atoms with Crippen LogP contribution < -0.4 is 0 Å². The summed E-state index contributed by atoms with van der Waals surface area (Å²) in [5.74, 6) is 19.7. The van der Waals surface area contributed by atoms with Crippen LogP contribution in [0.15, 0.2) is 0 Å². The van der Waals surface area contributed by atoms with Crippen LogP contribution in [0.4, 0.5) is 0 Å². The van der Waals surface area contributed by atoms with E-state index in [2.05, 4.69) is 23.5 Å². The van der Waals surface area contributed by atoms with E-state index >= 15 is 0 Å². The quantitative estimate of drug-likeness (QED) is 0.633. The van der Waals surface area contributed by atoms with Crippen molar-refractivity contribution < 1.29 is 0 Å². The van der Waals surface area contributed by atoms with Gasteiger partial charge in [-0.05, 0) is 120 Å². The van der Waals surface area contributed by atoms with E-state index in [4.69, 9.17) is 0 Å². The number of hydrogen-bond acceptors (Lipinski definition) is 2. The molecule has 2 heteroatoms. The zero-order valence-corrected chi connectivity index (χ0v) is 15.5. The van der Waals surface area contributed by atoms with Gasteiger partial charge in [0.05, 0.1) is 8.16 Å². The van der Waals surface area contributed by atoms with Gasteiger partial charge in [0, 0.05) is 0 Å². The van der Waals surface area contributed by atoms with Crippen molar-refractivity contribution in [3.8, 4) is 0 Å². The molecule has 0 nitrogen and oxygen atoms in total. The highest BCUT2D eigenvalue weighted by molar-refractivity contribution is 8.35. The van der Waals surface area contributed by atoms with E-state index in [1.807, 2.05) is 0 Å². The molecule has 0 unspecified atom stereocenters. The van der Waals surface area contributed by atoms with E-state index in [9.17, 15) is 0 Å². The topological polar surface area (TPSA) is 0 Å². The molecule has 0 N–H and O–H groups in total. The second-order valence-electron chi connectivity index (χ2n) is 12.3. The first-order valence-corrected chi connectivity index (χ1v) is 12.9. The second kappa shape index (κ2) is 2.75. The molecule has 24 heavy (non-hydrogen) atoms. The summed E-state index contributed by atoms with van der Waals surface area (Å²) in [7, 11) is 0. The van der Waals surface area contributed by atoms with Crippen molar-refractivity contribution in [3.05, 3.63) is 0 Å². The second-order valence-corrected chi connectivity index (χ2v) is 15.9. The summed E-state index contributed by atoms with van der Waals surface area (Å²) in [5, 5.41) is 0. The fraction of sp³-hybridized carbons (Fsp3) is 1.00. The highest BCUT2D eigenvalue weighted by Crippen LogP contribution is 2.99. The molecule has 0 aromatic heterocycles. The molecule has 1 saturated heterocycles. The number of fused-ring (bicyclic) bond motifs is 8. The smallest absolute Gasteiger partial charge is 0.0706 e. The third-order valence-electron chi connectivity index (χ3n) is 13.2. The largest absolute Gasteiger partial charge is 0.125 e. The zero-order chi connectivity index (χ0) is 14.5. The van der Waals surface area contributed by atoms with Crippen molar-refractivity contribution in [1.29, 1.82) is 0 Å². The molecule has 0 aromatic carbocycles. The van der Waals surface area contributed by atoms with Crippen molar-refractivity contribution in [2.24, 2.45) is 94.7 Å². The van der Waals surface area contributed by atoms with Crippen LogP contribution in [-0.4, -0.2) is 8.16 Å². The van der Waals surface area contributed by atoms with Crippen LogP contribution in [0.3, 0.4) is 0 Å². The SMILES string of the molecule is C1[C@@H]2[C@H]3C[C@H]4[C@H]2[C@H]2[C@@H]1[C@@H]3C1(SC3(S1)[C@@H]1[C@@H]5C[C@@H]6[C@@H]7[C@@H]5C[C@@H]1[C@H]7[C@H]63)[C@H]42. The Morgan fingerprint density at radius 3 is 1.33 bits per heavy atom. The highest BCUT2D eigenvalue weighted by Gasteiger charge is 2.94. The Bertz CT molecular complexity index is 722. The van der Waals surface area contributed by atoms with E-state index in [1.54, 1.807) is 25.7 Å². The van der Waals surface area contributed by atoms with Gasteiger partial charge in [-0.25, -0.2) is 0 Å². The lowest BCUT2D eigenvalue weighted by atomic mass is 9.59. The maximum Gasteiger partial charge on any atom is 0.0706 e. The monoisotopic (exact) mass is 352 g/mol. The molecule has 1 heterocycles. The minimum atomic E-state index is 0.796. The predicted octanol–water partition coefficient (Wildman–Crippen LogP) is 4.41. The summed E-state index contributed by atoms with van der Waals surface area (Å²) >= 11 is 5.46. The van der Waals surface area contributed by atoms with Crippen molar-refractivity contribution in [2.45, 2.75) is 33.8 Å². The van der Waals surface area contributed by atoms with Gasteiger partial charge >= 0.3 is 0 Å². The average molecular weight is 353 g/mol. The minimum absolute atomic E-state index is 0.796. The van der Waals surface area contributed by atoms with E-state index in [0.717, 1.165) is 8.16 Å². The lowest BCUT2D eigenvalue weighted by molar-refractivity contribution is 0.0127. The fourth-order valence-corrected chi connectivity index (χ4v) is 20.2. The van der Waals surface area contributed by atoms with Crippen LogP contribution in [0, 0.1) is 94.7 Å². The molecule has 124 valence electrons.